The van der Waals surface area contributed by atoms with E-state index >= 15 is 0 Å². The van der Waals surface area contributed by atoms with Gasteiger partial charge in [0.2, 0.25) is 5.91 Å². The van der Waals surface area contributed by atoms with Crippen LogP contribution in [0.25, 0.3) is 0 Å². The van der Waals surface area contributed by atoms with E-state index in [1.807, 2.05) is 0 Å². The Hall–Kier alpha value is -0.900. The highest BCUT2D eigenvalue weighted by molar-refractivity contribution is 5.83. The van der Waals surface area contributed by atoms with Gasteiger partial charge in [0.1, 0.15) is 5.78 Å². The highest BCUT2D eigenvalue weighted by atomic mass is 16.5. The average Bonchev–Trinajstić information content (AvgIpc) is 2.01. The molecule has 4 heteroatoms. The number of nitrogens with one attached hydrogen (secondary N) is 1. The van der Waals surface area contributed by atoms with E-state index in [4.69, 9.17) is 4.74 Å². The summed E-state index contributed by atoms with van der Waals surface area (Å²) < 4.78 is 4.74. The molecule has 1 N–H and O–H groups in total. The second kappa shape index (κ2) is 6.79. The maximum absolute atomic E-state index is 10.9. The lowest BCUT2D eigenvalue weighted by molar-refractivity contribution is -0.124. The summed E-state index contributed by atoms with van der Waals surface area (Å²) in [7, 11) is 1.57. The summed E-state index contributed by atoms with van der Waals surface area (Å²) in [5.41, 5.74) is 0. The van der Waals surface area contributed by atoms with E-state index in [0.29, 0.717) is 19.6 Å². The van der Waals surface area contributed by atoms with Crippen molar-refractivity contribution < 1.29 is 14.3 Å². The molecule has 12 heavy (non-hydrogen) atoms. The summed E-state index contributed by atoms with van der Waals surface area (Å²) in [6.45, 7) is 2.49. The van der Waals surface area contributed by atoms with Crippen LogP contribution in [0.2, 0.25) is 0 Å². The summed E-state index contributed by atoms with van der Waals surface area (Å²) in [6.07, 6.45) is 0.595. The van der Waals surface area contributed by atoms with E-state index in [0.717, 1.165) is 0 Å². The number of carbonyl (C=O) groups is 2. The number of hydrogen-bond acceptors (Lipinski definition) is 3. The first-order valence-corrected chi connectivity index (χ1v) is 3.92. The molecule has 1 amide bonds. The van der Waals surface area contributed by atoms with Crippen molar-refractivity contribution in [1.29, 1.82) is 0 Å². The van der Waals surface area contributed by atoms with Gasteiger partial charge in [-0.3, -0.25) is 4.79 Å². The number of methoxy groups -OCH3 is 1. The van der Waals surface area contributed by atoms with Crippen LogP contribution in [0.3, 0.4) is 0 Å². The molecule has 0 atom stereocenters. The van der Waals surface area contributed by atoms with Gasteiger partial charge in [0.05, 0.1) is 6.61 Å². The van der Waals surface area contributed by atoms with Gasteiger partial charge in [-0.15, -0.1) is 0 Å². The van der Waals surface area contributed by atoms with Crippen LogP contribution in [0.1, 0.15) is 19.8 Å². The molecule has 0 bridgehead atoms. The quantitative estimate of drug-likeness (QED) is 0.580. The van der Waals surface area contributed by atoms with Gasteiger partial charge in [0.15, 0.2) is 0 Å². The van der Waals surface area contributed by atoms with Crippen LogP contribution in [0, 0.1) is 0 Å². The van der Waals surface area contributed by atoms with E-state index in [1.165, 1.54) is 6.92 Å². The maximum Gasteiger partial charge on any atom is 0.220 e. The summed E-state index contributed by atoms with van der Waals surface area (Å²) in [5, 5.41) is 2.62. The van der Waals surface area contributed by atoms with Gasteiger partial charge in [0.25, 0.3) is 0 Å². The van der Waals surface area contributed by atoms with Crippen LogP contribution in [-0.4, -0.2) is 32.0 Å². The van der Waals surface area contributed by atoms with Crippen molar-refractivity contribution in [3.63, 3.8) is 0 Å². The fourth-order valence-electron chi connectivity index (χ4n) is 0.670. The smallest absolute Gasteiger partial charge is 0.220 e. The number of ether oxygens (including phenoxy) is 1. The maximum atomic E-state index is 10.9. The number of ketones is 1. The van der Waals surface area contributed by atoms with Crippen LogP contribution in [0.15, 0.2) is 0 Å². The zero-order valence-corrected chi connectivity index (χ0v) is 7.55. The van der Waals surface area contributed by atoms with Crippen molar-refractivity contribution >= 4 is 11.7 Å². The topological polar surface area (TPSA) is 55.4 Å². The zero-order chi connectivity index (χ0) is 9.40. The minimum Gasteiger partial charge on any atom is -0.383 e. The molecule has 0 aliphatic heterocycles. The molecule has 0 heterocycles. The zero-order valence-electron chi connectivity index (χ0n) is 7.55. The van der Waals surface area contributed by atoms with Crippen molar-refractivity contribution in [3.05, 3.63) is 0 Å². The molecule has 0 aliphatic carbocycles. The molecule has 0 aromatic rings. The Morgan fingerprint density at radius 3 is 2.50 bits per heavy atom. The Labute approximate surface area is 72.3 Å². The standard InChI is InChI=1S/C8H15NO3/c1-7(10)3-4-8(11)9-5-6-12-2/h3-6H2,1-2H3,(H,9,11). The van der Waals surface area contributed by atoms with Gasteiger partial charge < -0.3 is 14.8 Å². The Bertz CT molecular complexity index is 156. The second-order valence-corrected chi connectivity index (χ2v) is 2.54. The van der Waals surface area contributed by atoms with Crippen LogP contribution in [0.4, 0.5) is 0 Å². The number of hydrogen-bond donors (Lipinski definition) is 1. The van der Waals surface area contributed by atoms with Gasteiger partial charge in [-0.05, 0) is 6.92 Å². The van der Waals surface area contributed by atoms with Crippen molar-refractivity contribution in [2.45, 2.75) is 19.8 Å². The molecule has 70 valence electrons. The predicted octanol–water partition coefficient (Wildman–Crippen LogP) is 0.118. The lowest BCUT2D eigenvalue weighted by atomic mass is 10.2. The van der Waals surface area contributed by atoms with Crippen molar-refractivity contribution in [1.82, 2.24) is 5.32 Å². The number of rotatable bonds is 6. The number of carbonyl (C=O) groups excluding carboxylic acids is 2. The highest BCUT2D eigenvalue weighted by Crippen LogP contribution is 1.89. The largest absolute Gasteiger partial charge is 0.383 e. The molecular weight excluding hydrogens is 158 g/mol. The van der Waals surface area contributed by atoms with E-state index in [2.05, 4.69) is 5.32 Å². The molecule has 0 saturated heterocycles. The Kier molecular flexibility index (Phi) is 6.28. The third-order valence-corrected chi connectivity index (χ3v) is 1.33. The minimum atomic E-state index is -0.0951. The van der Waals surface area contributed by atoms with Crippen LogP contribution in [-0.2, 0) is 14.3 Å². The van der Waals surface area contributed by atoms with E-state index in [-0.39, 0.29) is 18.1 Å². The lowest BCUT2D eigenvalue weighted by Gasteiger charge is -2.02. The third-order valence-electron chi connectivity index (χ3n) is 1.33. The summed E-state index contributed by atoms with van der Waals surface area (Å²) >= 11 is 0. The fourth-order valence-corrected chi connectivity index (χ4v) is 0.670. The number of amides is 1. The minimum absolute atomic E-state index is 0.0388. The number of Topliss-reactive ketones (excluding diaryl/α,β-unsaturated/α-hetero) is 1. The lowest BCUT2D eigenvalue weighted by Crippen LogP contribution is -2.26. The summed E-state index contributed by atoms with van der Waals surface area (Å²) in [4.78, 5) is 21.4. The molecule has 0 aliphatic rings. The first-order valence-electron chi connectivity index (χ1n) is 3.92. The molecule has 0 fully saturated rings. The SMILES string of the molecule is COCCNC(=O)CCC(C)=O. The van der Waals surface area contributed by atoms with Crippen LogP contribution >= 0.6 is 0 Å². The molecule has 4 nitrogen and oxygen atoms in total. The van der Waals surface area contributed by atoms with Crippen molar-refractivity contribution in [3.8, 4) is 0 Å². The van der Waals surface area contributed by atoms with Crippen molar-refractivity contribution in [2.24, 2.45) is 0 Å². The molecule has 0 aromatic carbocycles. The van der Waals surface area contributed by atoms with Gasteiger partial charge in [-0.2, -0.15) is 0 Å². The molecule has 0 rings (SSSR count). The van der Waals surface area contributed by atoms with Crippen LogP contribution < -0.4 is 5.32 Å². The van der Waals surface area contributed by atoms with Gasteiger partial charge in [-0.25, -0.2) is 0 Å². The average molecular weight is 173 g/mol. The monoisotopic (exact) mass is 173 g/mol. The second-order valence-electron chi connectivity index (χ2n) is 2.54. The normalized spacial score (nSPS) is 9.50. The van der Waals surface area contributed by atoms with Gasteiger partial charge in [-0.1, -0.05) is 0 Å². The molecule has 0 radical (unpaired) electrons. The van der Waals surface area contributed by atoms with Crippen molar-refractivity contribution in [2.75, 3.05) is 20.3 Å². The first kappa shape index (κ1) is 11.1. The predicted molar refractivity (Wildman–Crippen MR) is 44.8 cm³/mol. The first-order chi connectivity index (χ1) is 5.66. The van der Waals surface area contributed by atoms with E-state index < -0.39 is 0 Å². The molecular formula is C8H15NO3. The Morgan fingerprint density at radius 1 is 1.33 bits per heavy atom. The molecule has 0 unspecified atom stereocenters. The Morgan fingerprint density at radius 2 is 2.00 bits per heavy atom. The Balaban J connectivity index is 3.28. The summed E-state index contributed by atoms with van der Waals surface area (Å²) in [6, 6.07) is 0. The van der Waals surface area contributed by atoms with Gasteiger partial charge >= 0.3 is 0 Å². The van der Waals surface area contributed by atoms with Gasteiger partial charge in [0, 0.05) is 26.5 Å². The fraction of sp³-hybridized carbons (Fsp3) is 0.750. The van der Waals surface area contributed by atoms with E-state index in [1.54, 1.807) is 7.11 Å². The molecule has 0 spiro atoms. The third kappa shape index (κ3) is 7.21. The highest BCUT2D eigenvalue weighted by Gasteiger charge is 2.01. The summed E-state index contributed by atoms with van der Waals surface area (Å²) in [5.74, 6) is -0.0564. The van der Waals surface area contributed by atoms with Crippen LogP contribution in [0.5, 0.6) is 0 Å². The molecule has 0 saturated carbocycles. The van der Waals surface area contributed by atoms with E-state index in [9.17, 15) is 9.59 Å². The molecule has 0 aromatic heterocycles.